The van der Waals surface area contributed by atoms with Crippen molar-refractivity contribution in [2.45, 2.75) is 46.0 Å². The largest absolute Gasteiger partial charge is 0.462 e. The van der Waals surface area contributed by atoms with Crippen molar-refractivity contribution >= 4 is 11.8 Å². The minimum Gasteiger partial charge on any atom is -0.462 e. The molecule has 0 spiro atoms. The highest BCUT2D eigenvalue weighted by molar-refractivity contribution is 5.90. The number of carbonyl (C=O) groups is 2. The lowest BCUT2D eigenvalue weighted by Crippen LogP contribution is -2.28. The van der Waals surface area contributed by atoms with Gasteiger partial charge in [0.15, 0.2) is 0 Å². The van der Waals surface area contributed by atoms with Crippen LogP contribution in [0.1, 0.15) is 61.9 Å². The Morgan fingerprint density at radius 2 is 1.95 bits per heavy atom. The summed E-state index contributed by atoms with van der Waals surface area (Å²) >= 11 is 0. The van der Waals surface area contributed by atoms with E-state index in [1.165, 1.54) is 0 Å². The summed E-state index contributed by atoms with van der Waals surface area (Å²) < 4.78 is 4.96. The summed E-state index contributed by atoms with van der Waals surface area (Å²) in [6.07, 6.45) is 2.49. The van der Waals surface area contributed by atoms with Crippen LogP contribution in [0.25, 0.3) is 0 Å². The Balaban J connectivity index is 2.16. The van der Waals surface area contributed by atoms with Crippen molar-refractivity contribution in [3.05, 3.63) is 35.4 Å². The molecular formula is C17H22O3. The maximum absolute atomic E-state index is 12.1. The second-order valence-corrected chi connectivity index (χ2v) is 6.23. The first kappa shape index (κ1) is 14.8. The minimum absolute atomic E-state index is 0.0324. The SMILES string of the molecule is CCOC(=O)c1ccc(C2CC(C)(C)CCC2=O)cc1. The molecule has 1 aliphatic rings. The van der Waals surface area contributed by atoms with Crippen LogP contribution in [0.4, 0.5) is 0 Å². The maximum atomic E-state index is 12.1. The normalized spacial score (nSPS) is 21.6. The van der Waals surface area contributed by atoms with Crippen LogP contribution in [0.5, 0.6) is 0 Å². The summed E-state index contributed by atoms with van der Waals surface area (Å²) in [6.45, 7) is 6.57. The second-order valence-electron chi connectivity index (χ2n) is 6.23. The summed E-state index contributed by atoms with van der Waals surface area (Å²) in [5.41, 5.74) is 1.76. The van der Waals surface area contributed by atoms with Crippen LogP contribution in [-0.2, 0) is 9.53 Å². The molecule has 0 aromatic heterocycles. The van der Waals surface area contributed by atoms with Crippen molar-refractivity contribution in [1.82, 2.24) is 0 Å². The molecule has 2 rings (SSSR count). The molecule has 1 fully saturated rings. The zero-order valence-corrected chi connectivity index (χ0v) is 12.4. The maximum Gasteiger partial charge on any atom is 0.338 e. The van der Waals surface area contributed by atoms with Crippen molar-refractivity contribution in [1.29, 1.82) is 0 Å². The van der Waals surface area contributed by atoms with E-state index in [9.17, 15) is 9.59 Å². The van der Waals surface area contributed by atoms with Gasteiger partial charge in [-0.15, -0.1) is 0 Å². The van der Waals surface area contributed by atoms with Gasteiger partial charge in [-0.05, 0) is 42.9 Å². The number of Topliss-reactive ketones (excluding diaryl/α,β-unsaturated/α-hetero) is 1. The van der Waals surface area contributed by atoms with Gasteiger partial charge in [0.05, 0.1) is 12.2 Å². The van der Waals surface area contributed by atoms with Gasteiger partial charge in [0.25, 0.3) is 0 Å². The van der Waals surface area contributed by atoms with Gasteiger partial charge in [-0.2, -0.15) is 0 Å². The Morgan fingerprint density at radius 3 is 2.55 bits per heavy atom. The van der Waals surface area contributed by atoms with Gasteiger partial charge in [0.2, 0.25) is 0 Å². The average Bonchev–Trinajstić information content (AvgIpc) is 2.42. The highest BCUT2D eigenvalue weighted by atomic mass is 16.5. The number of ketones is 1. The molecule has 0 N–H and O–H groups in total. The highest BCUT2D eigenvalue weighted by Gasteiger charge is 2.34. The van der Waals surface area contributed by atoms with Crippen LogP contribution in [-0.4, -0.2) is 18.4 Å². The first-order valence-electron chi connectivity index (χ1n) is 7.23. The van der Waals surface area contributed by atoms with E-state index in [0.29, 0.717) is 24.4 Å². The zero-order valence-electron chi connectivity index (χ0n) is 12.4. The summed E-state index contributed by atoms with van der Waals surface area (Å²) in [5.74, 6) is -0.0300. The summed E-state index contributed by atoms with van der Waals surface area (Å²) in [7, 11) is 0. The van der Waals surface area contributed by atoms with Crippen molar-refractivity contribution in [2.24, 2.45) is 5.41 Å². The van der Waals surface area contributed by atoms with E-state index in [-0.39, 0.29) is 17.3 Å². The van der Waals surface area contributed by atoms with E-state index in [2.05, 4.69) is 13.8 Å². The average molecular weight is 274 g/mol. The van der Waals surface area contributed by atoms with Crippen LogP contribution in [0, 0.1) is 5.41 Å². The Morgan fingerprint density at radius 1 is 1.30 bits per heavy atom. The quantitative estimate of drug-likeness (QED) is 0.789. The smallest absolute Gasteiger partial charge is 0.338 e. The Labute approximate surface area is 120 Å². The fourth-order valence-electron chi connectivity index (χ4n) is 2.77. The number of hydrogen-bond acceptors (Lipinski definition) is 3. The number of ether oxygens (including phenoxy) is 1. The monoisotopic (exact) mass is 274 g/mol. The molecule has 108 valence electrons. The number of carbonyl (C=O) groups excluding carboxylic acids is 2. The first-order valence-corrected chi connectivity index (χ1v) is 7.23. The van der Waals surface area contributed by atoms with E-state index in [1.807, 2.05) is 12.1 Å². The fourth-order valence-corrected chi connectivity index (χ4v) is 2.77. The van der Waals surface area contributed by atoms with Crippen LogP contribution in [0.3, 0.4) is 0 Å². The molecule has 1 aromatic rings. The molecule has 0 bridgehead atoms. The molecule has 0 saturated heterocycles. The first-order chi connectivity index (χ1) is 9.43. The molecule has 0 radical (unpaired) electrons. The van der Waals surface area contributed by atoms with Gasteiger partial charge in [0.1, 0.15) is 5.78 Å². The molecule has 20 heavy (non-hydrogen) atoms. The van der Waals surface area contributed by atoms with E-state index in [0.717, 1.165) is 18.4 Å². The van der Waals surface area contributed by atoms with Gasteiger partial charge in [-0.1, -0.05) is 26.0 Å². The predicted octanol–water partition coefficient (Wildman–Crippen LogP) is 3.73. The number of esters is 1. The third-order valence-electron chi connectivity index (χ3n) is 4.02. The Hall–Kier alpha value is -1.64. The number of hydrogen-bond donors (Lipinski definition) is 0. The predicted molar refractivity (Wildman–Crippen MR) is 77.8 cm³/mol. The van der Waals surface area contributed by atoms with Gasteiger partial charge < -0.3 is 4.74 Å². The van der Waals surface area contributed by atoms with Crippen LogP contribution in [0.15, 0.2) is 24.3 Å². The van der Waals surface area contributed by atoms with E-state index in [1.54, 1.807) is 19.1 Å². The molecule has 0 amide bonds. The third-order valence-corrected chi connectivity index (χ3v) is 4.02. The number of rotatable bonds is 3. The van der Waals surface area contributed by atoms with Crippen molar-refractivity contribution in [2.75, 3.05) is 6.61 Å². The molecule has 1 atom stereocenters. The molecule has 1 unspecified atom stereocenters. The molecule has 0 aliphatic heterocycles. The molecule has 1 saturated carbocycles. The van der Waals surface area contributed by atoms with Gasteiger partial charge in [0, 0.05) is 12.3 Å². The molecule has 1 aromatic carbocycles. The molecule has 1 aliphatic carbocycles. The second kappa shape index (κ2) is 5.78. The fraction of sp³-hybridized carbons (Fsp3) is 0.529. The van der Waals surface area contributed by atoms with Gasteiger partial charge >= 0.3 is 5.97 Å². The van der Waals surface area contributed by atoms with Crippen LogP contribution < -0.4 is 0 Å². The van der Waals surface area contributed by atoms with Crippen molar-refractivity contribution in [3.8, 4) is 0 Å². The van der Waals surface area contributed by atoms with E-state index < -0.39 is 0 Å². The van der Waals surface area contributed by atoms with Crippen molar-refractivity contribution in [3.63, 3.8) is 0 Å². The van der Waals surface area contributed by atoms with Crippen LogP contribution >= 0.6 is 0 Å². The lowest BCUT2D eigenvalue weighted by molar-refractivity contribution is -0.123. The Kier molecular flexibility index (Phi) is 4.26. The summed E-state index contributed by atoms with van der Waals surface area (Å²) in [4.78, 5) is 23.7. The lowest BCUT2D eigenvalue weighted by atomic mass is 9.69. The number of benzene rings is 1. The summed E-state index contributed by atoms with van der Waals surface area (Å²) in [5, 5.41) is 0. The van der Waals surface area contributed by atoms with E-state index in [4.69, 9.17) is 4.74 Å². The van der Waals surface area contributed by atoms with Crippen LogP contribution in [0.2, 0.25) is 0 Å². The molecular weight excluding hydrogens is 252 g/mol. The molecule has 3 heteroatoms. The molecule has 0 heterocycles. The zero-order chi connectivity index (χ0) is 14.8. The van der Waals surface area contributed by atoms with Crippen molar-refractivity contribution < 1.29 is 14.3 Å². The van der Waals surface area contributed by atoms with E-state index >= 15 is 0 Å². The summed E-state index contributed by atoms with van der Waals surface area (Å²) in [6, 6.07) is 7.27. The standard InChI is InChI=1S/C17H22O3/c1-4-20-16(19)13-7-5-12(6-8-13)14-11-17(2,3)10-9-15(14)18/h5-8,14H,4,9-11H2,1-3H3. The van der Waals surface area contributed by atoms with Gasteiger partial charge in [-0.25, -0.2) is 4.79 Å². The highest BCUT2D eigenvalue weighted by Crippen LogP contribution is 2.41. The van der Waals surface area contributed by atoms with Gasteiger partial charge in [-0.3, -0.25) is 4.79 Å². The topological polar surface area (TPSA) is 43.4 Å². The lowest BCUT2D eigenvalue weighted by Gasteiger charge is -2.34. The minimum atomic E-state index is -0.311. The Bertz CT molecular complexity index is 499. The third kappa shape index (κ3) is 3.27. The molecule has 3 nitrogen and oxygen atoms in total.